The molecule has 1 aliphatic heterocycles. The van der Waals surface area contributed by atoms with Crippen molar-refractivity contribution in [2.45, 2.75) is 30.1 Å². The smallest absolute Gasteiger partial charge is 0.389 e. The maximum absolute atomic E-state index is 14.2. The summed E-state index contributed by atoms with van der Waals surface area (Å²) in [4.78, 5) is 17.8. The zero-order valence-corrected chi connectivity index (χ0v) is 17.9. The average molecular weight is 494 g/mol. The number of nitrogens with zero attached hydrogens (tertiary/aromatic N) is 2. The molecule has 0 saturated carbocycles. The highest BCUT2D eigenvalue weighted by Gasteiger charge is 2.46. The molecule has 2 heterocycles. The molecule has 1 saturated heterocycles. The van der Waals surface area contributed by atoms with Crippen molar-refractivity contribution in [3.63, 3.8) is 0 Å². The van der Waals surface area contributed by atoms with E-state index in [0.717, 1.165) is 31.5 Å². The molecule has 0 radical (unpaired) electrons. The van der Waals surface area contributed by atoms with Gasteiger partial charge in [0.2, 0.25) is 11.7 Å². The molecule has 1 fully saturated rings. The highest BCUT2D eigenvalue weighted by molar-refractivity contribution is 7.89. The van der Waals surface area contributed by atoms with Gasteiger partial charge in [0.25, 0.3) is 10.0 Å². The van der Waals surface area contributed by atoms with Crippen molar-refractivity contribution >= 4 is 27.3 Å². The second kappa shape index (κ2) is 9.09. The molecule has 1 aliphatic rings. The number of carbonyl (C=O) groups excluding carboxylic acids is 1. The van der Waals surface area contributed by atoms with Gasteiger partial charge in [-0.1, -0.05) is 0 Å². The van der Waals surface area contributed by atoms with E-state index in [1.165, 1.54) is 11.0 Å². The van der Waals surface area contributed by atoms with Gasteiger partial charge in [-0.25, -0.2) is 22.9 Å². The lowest BCUT2D eigenvalue weighted by Gasteiger charge is -2.30. The van der Waals surface area contributed by atoms with Crippen molar-refractivity contribution in [1.82, 2.24) is 4.98 Å². The summed E-state index contributed by atoms with van der Waals surface area (Å²) < 4.78 is 95.3. The lowest BCUT2D eigenvalue weighted by Crippen LogP contribution is -2.44. The van der Waals surface area contributed by atoms with Crippen molar-refractivity contribution < 1.29 is 39.9 Å². The lowest BCUT2D eigenvalue weighted by atomic mass is 9.95. The van der Waals surface area contributed by atoms with Crippen LogP contribution in [0.4, 0.5) is 33.3 Å². The van der Waals surface area contributed by atoms with E-state index < -0.39 is 62.9 Å². The lowest BCUT2D eigenvalue weighted by molar-refractivity contribution is -0.146. The summed E-state index contributed by atoms with van der Waals surface area (Å²) in [6, 6.07) is 2.61. The molecule has 0 bridgehead atoms. The molecular formula is C19H19F5N4O4S. The topological polar surface area (TPSA) is 115 Å². The van der Waals surface area contributed by atoms with Crippen LogP contribution in [0.1, 0.15) is 12.8 Å². The van der Waals surface area contributed by atoms with E-state index in [-0.39, 0.29) is 24.3 Å². The molecule has 3 N–H and O–H groups in total. The number of aromatic nitrogens is 1. The minimum absolute atomic E-state index is 0.0704. The minimum atomic E-state index is -4.59. The van der Waals surface area contributed by atoms with Crippen molar-refractivity contribution in [3.8, 4) is 5.75 Å². The van der Waals surface area contributed by atoms with E-state index >= 15 is 0 Å². The Bertz CT molecular complexity index is 1160. The number of nitrogens with one attached hydrogen (secondary N) is 1. The Morgan fingerprint density at radius 3 is 2.61 bits per heavy atom. The van der Waals surface area contributed by atoms with Gasteiger partial charge in [-0.3, -0.25) is 4.79 Å². The number of ether oxygens (including phenoxy) is 1. The predicted molar refractivity (Wildman–Crippen MR) is 107 cm³/mol. The predicted octanol–water partition coefficient (Wildman–Crippen LogP) is 2.80. The molecule has 1 aromatic heterocycles. The van der Waals surface area contributed by atoms with Crippen LogP contribution < -0.4 is 20.1 Å². The molecule has 0 spiro atoms. The van der Waals surface area contributed by atoms with Crippen molar-refractivity contribution in [1.29, 1.82) is 0 Å². The molecule has 0 unspecified atom stereocenters. The number of sulfonamides is 1. The summed E-state index contributed by atoms with van der Waals surface area (Å²) in [7, 11) is -3.14. The van der Waals surface area contributed by atoms with E-state index in [9.17, 15) is 35.2 Å². The monoisotopic (exact) mass is 494 g/mol. The zero-order valence-electron chi connectivity index (χ0n) is 17.1. The number of alkyl halides is 3. The molecule has 2 aromatic rings. The Morgan fingerprint density at radius 2 is 2.00 bits per heavy atom. The summed E-state index contributed by atoms with van der Waals surface area (Å²) in [5.41, 5.74) is -0.171. The van der Waals surface area contributed by atoms with Crippen LogP contribution in [-0.2, 0) is 14.8 Å². The summed E-state index contributed by atoms with van der Waals surface area (Å²) in [6.45, 7) is -0.0704. The standard InChI is InChI=1S/C19H19F5N4O4S/c1-32-17-13(3-2-12(20)15(17)21)28-7-5-10(9-19(22,23)24)16(28)18(29)27-11-4-6-26-14(8-11)33(25,30)31/h2-4,6,8,10,16H,5,7,9H2,1H3,(H2,25,30,31)(H,26,27,29)/t10-,16+/m0/s1. The number of benzene rings is 1. The van der Waals surface area contributed by atoms with E-state index in [1.807, 2.05) is 0 Å². The van der Waals surface area contributed by atoms with Crippen LogP contribution in [0.5, 0.6) is 5.75 Å². The summed E-state index contributed by atoms with van der Waals surface area (Å²) in [6.07, 6.45) is -4.91. The number of carbonyl (C=O) groups is 1. The Kier molecular flexibility index (Phi) is 6.79. The van der Waals surface area contributed by atoms with E-state index in [0.29, 0.717) is 0 Å². The first-order valence-electron chi connectivity index (χ1n) is 9.47. The normalized spacial score (nSPS) is 18.9. The number of methoxy groups -OCH3 is 1. The van der Waals surface area contributed by atoms with E-state index in [2.05, 4.69) is 10.3 Å². The molecule has 33 heavy (non-hydrogen) atoms. The largest absolute Gasteiger partial charge is 0.491 e. The van der Waals surface area contributed by atoms with Gasteiger partial charge in [-0.15, -0.1) is 0 Å². The minimum Gasteiger partial charge on any atom is -0.491 e. The van der Waals surface area contributed by atoms with Gasteiger partial charge in [0, 0.05) is 30.9 Å². The van der Waals surface area contributed by atoms with E-state index in [1.54, 1.807) is 0 Å². The van der Waals surface area contributed by atoms with Gasteiger partial charge in [0.05, 0.1) is 12.8 Å². The van der Waals surface area contributed by atoms with Crippen LogP contribution >= 0.6 is 0 Å². The number of amides is 1. The molecule has 8 nitrogen and oxygen atoms in total. The zero-order chi connectivity index (χ0) is 24.6. The van der Waals surface area contributed by atoms with E-state index in [4.69, 9.17) is 9.88 Å². The SMILES string of the molecule is COc1c(N2CC[C@@H](CC(F)(F)F)[C@@H]2C(=O)Nc2ccnc(S(N)(=O)=O)c2)ccc(F)c1F. The van der Waals surface area contributed by atoms with Crippen LogP contribution in [0.15, 0.2) is 35.5 Å². The number of primary sulfonamides is 1. The number of pyridine rings is 1. The summed E-state index contributed by atoms with van der Waals surface area (Å²) in [5, 5.41) is 6.81. The van der Waals surface area contributed by atoms with Crippen LogP contribution in [0.3, 0.4) is 0 Å². The van der Waals surface area contributed by atoms with Crippen molar-refractivity contribution in [2.75, 3.05) is 23.9 Å². The third-order valence-corrected chi connectivity index (χ3v) is 5.93. The first kappa shape index (κ1) is 24.6. The molecule has 14 heteroatoms. The molecule has 1 aromatic carbocycles. The van der Waals surface area contributed by atoms with Gasteiger partial charge in [0.15, 0.2) is 16.6 Å². The molecule has 3 rings (SSSR count). The van der Waals surface area contributed by atoms with Gasteiger partial charge in [0.1, 0.15) is 6.04 Å². The van der Waals surface area contributed by atoms with Crippen molar-refractivity contribution in [3.05, 3.63) is 42.1 Å². The molecule has 180 valence electrons. The maximum atomic E-state index is 14.2. The van der Waals surface area contributed by atoms with Crippen molar-refractivity contribution in [2.24, 2.45) is 11.1 Å². The fourth-order valence-electron chi connectivity index (χ4n) is 3.79. The Morgan fingerprint density at radius 1 is 1.30 bits per heavy atom. The molecule has 0 aliphatic carbocycles. The maximum Gasteiger partial charge on any atom is 0.389 e. The average Bonchev–Trinajstić information content (AvgIpc) is 3.11. The van der Waals surface area contributed by atoms with Gasteiger partial charge in [-0.2, -0.15) is 17.6 Å². The number of hydrogen-bond acceptors (Lipinski definition) is 6. The van der Waals surface area contributed by atoms with Gasteiger partial charge < -0.3 is 15.0 Å². The third-order valence-electron chi connectivity index (χ3n) is 5.12. The first-order valence-corrected chi connectivity index (χ1v) is 11.0. The van der Waals surface area contributed by atoms with Crippen LogP contribution in [0.2, 0.25) is 0 Å². The highest BCUT2D eigenvalue weighted by atomic mass is 32.2. The Balaban J connectivity index is 1.99. The van der Waals surface area contributed by atoms with Gasteiger partial charge in [-0.05, 0) is 30.5 Å². The second-order valence-corrected chi connectivity index (χ2v) is 8.85. The van der Waals surface area contributed by atoms with Crippen LogP contribution in [0.25, 0.3) is 0 Å². The van der Waals surface area contributed by atoms with Gasteiger partial charge >= 0.3 is 6.18 Å². The summed E-state index contributed by atoms with van der Waals surface area (Å²) >= 11 is 0. The quantitative estimate of drug-likeness (QED) is 0.597. The van der Waals surface area contributed by atoms with Crippen LogP contribution in [0, 0.1) is 17.6 Å². The highest BCUT2D eigenvalue weighted by Crippen LogP contribution is 2.42. The number of halogens is 5. The molecule has 2 atom stereocenters. The first-order chi connectivity index (χ1) is 15.3. The number of hydrogen-bond donors (Lipinski definition) is 2. The number of rotatable bonds is 6. The Labute approximate surface area is 185 Å². The number of nitrogens with two attached hydrogens (primary N) is 1. The fourth-order valence-corrected chi connectivity index (χ4v) is 4.29. The van der Waals surface area contributed by atoms with Crippen LogP contribution in [-0.4, -0.2) is 45.2 Å². The second-order valence-electron chi connectivity index (χ2n) is 7.34. The number of anilines is 2. The molecular weight excluding hydrogens is 475 g/mol. The Hall–Kier alpha value is -3.00. The third kappa shape index (κ3) is 5.50. The fraction of sp³-hybridized carbons (Fsp3) is 0.368. The molecule has 1 amide bonds. The summed E-state index contributed by atoms with van der Waals surface area (Å²) in [5.74, 6) is -5.27.